The molecule has 0 fully saturated rings. The fraction of sp³-hybridized carbons (Fsp3) is 0. The average molecular weight is 700 g/mol. The van der Waals surface area contributed by atoms with Gasteiger partial charge in [-0.05, 0) is 72.8 Å². The molecule has 0 aliphatic heterocycles. The minimum atomic E-state index is 0.585. The van der Waals surface area contributed by atoms with Crippen molar-refractivity contribution in [1.82, 2.24) is 13.7 Å². The normalized spacial score (nSPS) is 11.6. The molecule has 8 aromatic carbocycles. The lowest BCUT2D eigenvalue weighted by Gasteiger charge is -2.19. The van der Waals surface area contributed by atoms with Crippen LogP contribution >= 0.6 is 0 Å². The van der Waals surface area contributed by atoms with E-state index in [0.717, 1.165) is 82.8 Å². The van der Waals surface area contributed by atoms with E-state index in [1.54, 1.807) is 0 Å². The topological polar surface area (TPSA) is 62.4 Å². The van der Waals surface area contributed by atoms with Gasteiger partial charge in [0.1, 0.15) is 6.07 Å². The van der Waals surface area contributed by atoms with Crippen LogP contribution in [0.25, 0.3) is 93.6 Å². The Kier molecular flexibility index (Phi) is 6.61. The molecule has 0 aliphatic carbocycles. The standard InChI is InChI=1S/C50H29N5/c51-30-32-24-26-48-41(28-32)38-16-4-9-22-46(38)54(48)45-21-8-3-15-37(45)40-18-11-12-33(31-52)50(40)55-47-23-10-5-17-39(47)42-29-34(25-27-49(42)55)53-43-19-6-1-13-35(43)36-14-2-7-20-44(36)53/h1-29H. The van der Waals surface area contributed by atoms with Gasteiger partial charge in [-0.2, -0.15) is 10.5 Å². The number of fused-ring (bicyclic) bond motifs is 9. The highest BCUT2D eigenvalue weighted by Crippen LogP contribution is 2.43. The lowest BCUT2D eigenvalue weighted by Crippen LogP contribution is -2.03. The zero-order valence-corrected chi connectivity index (χ0v) is 29.5. The predicted molar refractivity (Wildman–Crippen MR) is 224 cm³/mol. The highest BCUT2D eigenvalue weighted by atomic mass is 15.0. The molecule has 0 spiro atoms. The molecule has 0 amide bonds. The molecule has 0 N–H and O–H groups in total. The van der Waals surface area contributed by atoms with Crippen LogP contribution in [0.1, 0.15) is 11.1 Å². The molecule has 0 saturated carbocycles. The molecular weight excluding hydrogens is 671 g/mol. The number of rotatable bonds is 4. The van der Waals surface area contributed by atoms with E-state index in [1.165, 1.54) is 10.8 Å². The summed E-state index contributed by atoms with van der Waals surface area (Å²) >= 11 is 0. The summed E-state index contributed by atoms with van der Waals surface area (Å²) in [6, 6.07) is 65.9. The minimum Gasteiger partial charge on any atom is -0.309 e. The van der Waals surface area contributed by atoms with Crippen LogP contribution in [0.2, 0.25) is 0 Å². The molecule has 11 aromatic rings. The molecule has 11 rings (SSSR count). The third-order valence-electron chi connectivity index (χ3n) is 11.1. The van der Waals surface area contributed by atoms with Gasteiger partial charge < -0.3 is 13.7 Å². The van der Waals surface area contributed by atoms with Crippen molar-refractivity contribution in [3.63, 3.8) is 0 Å². The van der Waals surface area contributed by atoms with Crippen molar-refractivity contribution in [1.29, 1.82) is 10.5 Å². The Bertz CT molecular complexity index is 3420. The second kappa shape index (κ2) is 11.8. The number of para-hydroxylation sites is 6. The van der Waals surface area contributed by atoms with Crippen molar-refractivity contribution in [2.45, 2.75) is 0 Å². The summed E-state index contributed by atoms with van der Waals surface area (Å²) in [5.41, 5.74) is 12.5. The molecule has 3 heterocycles. The molecule has 0 aliphatic rings. The molecule has 0 radical (unpaired) electrons. The van der Waals surface area contributed by atoms with Gasteiger partial charge in [0.25, 0.3) is 0 Å². The Morgan fingerprint density at radius 1 is 0.345 bits per heavy atom. The van der Waals surface area contributed by atoms with Crippen LogP contribution in [-0.2, 0) is 0 Å². The maximum Gasteiger partial charge on any atom is 0.101 e. The van der Waals surface area contributed by atoms with Gasteiger partial charge in [-0.25, -0.2) is 0 Å². The second-order valence-electron chi connectivity index (χ2n) is 14.0. The number of aromatic nitrogens is 3. The minimum absolute atomic E-state index is 0.585. The molecule has 254 valence electrons. The van der Waals surface area contributed by atoms with E-state index in [2.05, 4.69) is 165 Å². The first kappa shape index (κ1) is 30.7. The fourth-order valence-electron chi connectivity index (χ4n) is 8.83. The van der Waals surface area contributed by atoms with Gasteiger partial charge >= 0.3 is 0 Å². The van der Waals surface area contributed by atoms with Crippen molar-refractivity contribution in [2.24, 2.45) is 0 Å². The molecule has 5 heteroatoms. The lowest BCUT2D eigenvalue weighted by molar-refractivity contribution is 1.15. The Morgan fingerprint density at radius 3 is 1.49 bits per heavy atom. The molecule has 55 heavy (non-hydrogen) atoms. The summed E-state index contributed by atoms with van der Waals surface area (Å²) in [5, 5.41) is 27.3. The van der Waals surface area contributed by atoms with E-state index in [0.29, 0.717) is 11.1 Å². The van der Waals surface area contributed by atoms with Gasteiger partial charge in [0, 0.05) is 49.1 Å². The molecule has 0 atom stereocenters. The first-order chi connectivity index (χ1) is 27.2. The van der Waals surface area contributed by atoms with Gasteiger partial charge in [0.2, 0.25) is 0 Å². The van der Waals surface area contributed by atoms with E-state index in [9.17, 15) is 10.5 Å². The Morgan fingerprint density at radius 2 is 0.836 bits per heavy atom. The van der Waals surface area contributed by atoms with Crippen LogP contribution in [0.15, 0.2) is 176 Å². The summed E-state index contributed by atoms with van der Waals surface area (Å²) in [6.45, 7) is 0. The summed E-state index contributed by atoms with van der Waals surface area (Å²) in [6.07, 6.45) is 0. The highest BCUT2D eigenvalue weighted by Gasteiger charge is 2.23. The zero-order chi connectivity index (χ0) is 36.6. The lowest BCUT2D eigenvalue weighted by atomic mass is 9.98. The smallest absolute Gasteiger partial charge is 0.101 e. The largest absolute Gasteiger partial charge is 0.309 e. The summed E-state index contributed by atoms with van der Waals surface area (Å²) in [5.74, 6) is 0. The SMILES string of the molecule is N#Cc1ccc2c(c1)c1ccccc1n2-c1ccccc1-c1cccc(C#N)c1-n1c2ccccc2c2cc(-n3c4ccccc4c4ccccc43)ccc21. The summed E-state index contributed by atoms with van der Waals surface area (Å²) in [7, 11) is 0. The fourth-order valence-corrected chi connectivity index (χ4v) is 8.83. The number of benzene rings is 8. The van der Waals surface area contributed by atoms with E-state index >= 15 is 0 Å². The van der Waals surface area contributed by atoms with E-state index in [1.807, 2.05) is 36.4 Å². The summed E-state index contributed by atoms with van der Waals surface area (Å²) < 4.78 is 6.91. The number of nitriles is 2. The van der Waals surface area contributed by atoms with E-state index < -0.39 is 0 Å². The molecule has 0 saturated heterocycles. The Labute approximate surface area is 316 Å². The van der Waals surface area contributed by atoms with Crippen molar-refractivity contribution >= 4 is 65.4 Å². The number of hydrogen-bond acceptors (Lipinski definition) is 2. The molecular formula is C50H29N5. The molecule has 5 nitrogen and oxygen atoms in total. The highest BCUT2D eigenvalue weighted by molar-refractivity contribution is 6.13. The zero-order valence-electron chi connectivity index (χ0n) is 29.5. The van der Waals surface area contributed by atoms with Crippen LogP contribution in [0.5, 0.6) is 0 Å². The van der Waals surface area contributed by atoms with Crippen molar-refractivity contribution in [2.75, 3.05) is 0 Å². The molecule has 0 unspecified atom stereocenters. The molecule has 0 bridgehead atoms. The van der Waals surface area contributed by atoms with Crippen molar-refractivity contribution < 1.29 is 0 Å². The van der Waals surface area contributed by atoms with E-state index in [-0.39, 0.29) is 0 Å². The van der Waals surface area contributed by atoms with Crippen molar-refractivity contribution in [3.8, 4) is 40.3 Å². The van der Waals surface area contributed by atoms with Gasteiger partial charge in [-0.3, -0.25) is 0 Å². The van der Waals surface area contributed by atoms with Crippen LogP contribution in [0.4, 0.5) is 0 Å². The Hall–Kier alpha value is -7.86. The number of nitrogens with zero attached hydrogens (tertiary/aromatic N) is 5. The van der Waals surface area contributed by atoms with Gasteiger partial charge in [-0.1, -0.05) is 103 Å². The summed E-state index contributed by atoms with van der Waals surface area (Å²) in [4.78, 5) is 0. The average Bonchev–Trinajstić information content (AvgIpc) is 3.88. The van der Waals surface area contributed by atoms with Gasteiger partial charge in [-0.15, -0.1) is 0 Å². The van der Waals surface area contributed by atoms with Crippen LogP contribution < -0.4 is 0 Å². The quantitative estimate of drug-likeness (QED) is 0.184. The first-order valence-corrected chi connectivity index (χ1v) is 18.3. The van der Waals surface area contributed by atoms with Gasteiger partial charge in [0.15, 0.2) is 0 Å². The monoisotopic (exact) mass is 699 g/mol. The third kappa shape index (κ3) is 4.39. The molecule has 3 aromatic heterocycles. The van der Waals surface area contributed by atoms with Crippen LogP contribution in [0.3, 0.4) is 0 Å². The number of hydrogen-bond donors (Lipinski definition) is 0. The second-order valence-corrected chi connectivity index (χ2v) is 14.0. The van der Waals surface area contributed by atoms with Gasteiger partial charge in [0.05, 0.1) is 61.7 Å². The Balaban J connectivity index is 1.20. The predicted octanol–water partition coefficient (Wildman–Crippen LogP) is 12.4. The maximum atomic E-state index is 10.8. The first-order valence-electron chi connectivity index (χ1n) is 18.3. The third-order valence-corrected chi connectivity index (χ3v) is 11.1. The maximum absolute atomic E-state index is 10.8. The van der Waals surface area contributed by atoms with Crippen molar-refractivity contribution in [3.05, 3.63) is 187 Å². The van der Waals surface area contributed by atoms with Crippen LogP contribution in [-0.4, -0.2) is 13.7 Å². The van der Waals surface area contributed by atoms with Crippen LogP contribution in [0, 0.1) is 22.7 Å². The van der Waals surface area contributed by atoms with E-state index in [4.69, 9.17) is 0 Å².